The van der Waals surface area contributed by atoms with Gasteiger partial charge in [0.1, 0.15) is 5.76 Å². The fourth-order valence-electron chi connectivity index (χ4n) is 2.79. The average molecular weight is 321 g/mol. The standard InChI is InChI=1S/C17H27N3O3/c1-13(20-10-4-5-11-20)6-9-16(21)18-12-14-7-8-15(23-14)17(22)19(2)3/h7-8,13H,4-6,9-12H2,1-3H3,(H,18,21)/t13-/m0/s1. The summed E-state index contributed by atoms with van der Waals surface area (Å²) in [5.74, 6) is 0.730. The van der Waals surface area contributed by atoms with Gasteiger partial charge in [-0.3, -0.25) is 9.59 Å². The Labute approximate surface area is 137 Å². The van der Waals surface area contributed by atoms with E-state index in [0.717, 1.165) is 19.5 Å². The van der Waals surface area contributed by atoms with Crippen LogP contribution in [0.15, 0.2) is 16.5 Å². The van der Waals surface area contributed by atoms with Gasteiger partial charge in [0.2, 0.25) is 5.91 Å². The smallest absolute Gasteiger partial charge is 0.289 e. The van der Waals surface area contributed by atoms with Crippen molar-refractivity contribution in [2.75, 3.05) is 27.2 Å². The number of carbonyl (C=O) groups excluding carboxylic acids is 2. The lowest BCUT2D eigenvalue weighted by molar-refractivity contribution is -0.121. The van der Waals surface area contributed by atoms with Gasteiger partial charge in [0, 0.05) is 26.6 Å². The molecule has 0 radical (unpaired) electrons. The van der Waals surface area contributed by atoms with Crippen LogP contribution in [0.25, 0.3) is 0 Å². The molecule has 1 saturated heterocycles. The number of nitrogens with zero attached hydrogens (tertiary/aromatic N) is 2. The first-order valence-electron chi connectivity index (χ1n) is 8.28. The fourth-order valence-corrected chi connectivity index (χ4v) is 2.79. The summed E-state index contributed by atoms with van der Waals surface area (Å²) < 4.78 is 5.45. The van der Waals surface area contributed by atoms with E-state index in [2.05, 4.69) is 17.1 Å². The van der Waals surface area contributed by atoms with Crippen LogP contribution in [0.5, 0.6) is 0 Å². The van der Waals surface area contributed by atoms with Gasteiger partial charge in [-0.15, -0.1) is 0 Å². The first-order valence-corrected chi connectivity index (χ1v) is 8.28. The fraction of sp³-hybridized carbons (Fsp3) is 0.647. The minimum Gasteiger partial charge on any atom is -0.454 e. The largest absolute Gasteiger partial charge is 0.454 e. The van der Waals surface area contributed by atoms with Crippen molar-refractivity contribution in [2.45, 2.75) is 45.2 Å². The van der Waals surface area contributed by atoms with E-state index < -0.39 is 0 Å². The predicted octanol–water partition coefficient (Wildman–Crippen LogP) is 1.86. The molecule has 1 aliphatic rings. The molecule has 0 spiro atoms. The number of furan rings is 1. The maximum absolute atomic E-state index is 11.9. The maximum atomic E-state index is 11.9. The van der Waals surface area contributed by atoms with Crippen molar-refractivity contribution in [3.8, 4) is 0 Å². The van der Waals surface area contributed by atoms with Gasteiger partial charge < -0.3 is 19.5 Å². The van der Waals surface area contributed by atoms with Gasteiger partial charge in [-0.25, -0.2) is 0 Å². The molecule has 0 aromatic carbocycles. The molecule has 1 aromatic rings. The van der Waals surface area contributed by atoms with Crippen LogP contribution >= 0.6 is 0 Å². The zero-order valence-electron chi connectivity index (χ0n) is 14.3. The van der Waals surface area contributed by atoms with Crippen LogP contribution in [0.3, 0.4) is 0 Å². The Bertz CT molecular complexity index is 533. The summed E-state index contributed by atoms with van der Waals surface area (Å²) in [5, 5.41) is 2.85. The first kappa shape index (κ1) is 17.5. The topological polar surface area (TPSA) is 65.8 Å². The summed E-state index contributed by atoms with van der Waals surface area (Å²) in [4.78, 5) is 27.6. The number of nitrogens with one attached hydrogen (secondary N) is 1. The van der Waals surface area contributed by atoms with Crippen LogP contribution in [0.1, 0.15) is 48.9 Å². The van der Waals surface area contributed by atoms with Gasteiger partial charge in [0.25, 0.3) is 5.91 Å². The van der Waals surface area contributed by atoms with Crippen LogP contribution in [-0.4, -0.2) is 54.8 Å². The number of hydrogen-bond acceptors (Lipinski definition) is 4. The minimum atomic E-state index is -0.179. The SMILES string of the molecule is C[C@@H](CCC(=O)NCc1ccc(C(=O)N(C)C)o1)N1CCCC1. The molecule has 1 aliphatic heterocycles. The second-order valence-electron chi connectivity index (χ2n) is 6.37. The van der Waals surface area contributed by atoms with Gasteiger partial charge in [0.05, 0.1) is 6.54 Å². The Morgan fingerprint density at radius 2 is 2.00 bits per heavy atom. The summed E-state index contributed by atoms with van der Waals surface area (Å²) in [6, 6.07) is 3.82. The lowest BCUT2D eigenvalue weighted by atomic mass is 10.1. The molecule has 0 bridgehead atoms. The predicted molar refractivity (Wildman–Crippen MR) is 88.1 cm³/mol. The van der Waals surface area contributed by atoms with Gasteiger partial charge in [-0.1, -0.05) is 0 Å². The zero-order valence-corrected chi connectivity index (χ0v) is 14.3. The molecular weight excluding hydrogens is 294 g/mol. The summed E-state index contributed by atoms with van der Waals surface area (Å²) >= 11 is 0. The van der Waals surface area contributed by atoms with Crippen LogP contribution in [0, 0.1) is 0 Å². The third-order valence-corrected chi connectivity index (χ3v) is 4.29. The van der Waals surface area contributed by atoms with Crippen LogP contribution < -0.4 is 5.32 Å². The molecule has 0 unspecified atom stereocenters. The van der Waals surface area contributed by atoms with Crippen molar-refractivity contribution in [3.63, 3.8) is 0 Å². The lowest BCUT2D eigenvalue weighted by Gasteiger charge is -2.23. The Morgan fingerprint density at radius 1 is 1.30 bits per heavy atom. The average Bonchev–Trinajstić information content (AvgIpc) is 3.20. The molecule has 6 nitrogen and oxygen atoms in total. The van der Waals surface area contributed by atoms with Crippen LogP contribution in [0.4, 0.5) is 0 Å². The van der Waals surface area contributed by atoms with Crippen molar-refractivity contribution in [2.24, 2.45) is 0 Å². The van der Waals surface area contributed by atoms with Crippen molar-refractivity contribution >= 4 is 11.8 Å². The maximum Gasteiger partial charge on any atom is 0.289 e. The van der Waals surface area contributed by atoms with Crippen molar-refractivity contribution in [1.82, 2.24) is 15.1 Å². The molecule has 2 heterocycles. The molecule has 1 aromatic heterocycles. The molecule has 6 heteroatoms. The number of carbonyl (C=O) groups is 2. The summed E-state index contributed by atoms with van der Waals surface area (Å²) in [7, 11) is 3.35. The lowest BCUT2D eigenvalue weighted by Crippen LogP contribution is -2.32. The highest BCUT2D eigenvalue weighted by Gasteiger charge is 2.18. The van der Waals surface area contributed by atoms with Gasteiger partial charge >= 0.3 is 0 Å². The Morgan fingerprint density at radius 3 is 2.65 bits per heavy atom. The highest BCUT2D eigenvalue weighted by atomic mass is 16.4. The van der Waals surface area contributed by atoms with E-state index >= 15 is 0 Å². The molecule has 1 N–H and O–H groups in total. The molecule has 1 atom stereocenters. The van der Waals surface area contributed by atoms with E-state index in [-0.39, 0.29) is 11.8 Å². The van der Waals surface area contributed by atoms with Crippen LogP contribution in [0.2, 0.25) is 0 Å². The van der Waals surface area contributed by atoms with Crippen molar-refractivity contribution in [3.05, 3.63) is 23.7 Å². The molecule has 23 heavy (non-hydrogen) atoms. The summed E-state index contributed by atoms with van der Waals surface area (Å²) in [6.45, 7) is 4.80. The zero-order chi connectivity index (χ0) is 16.8. The molecule has 2 amide bonds. The van der Waals surface area contributed by atoms with Crippen LogP contribution in [-0.2, 0) is 11.3 Å². The summed E-state index contributed by atoms with van der Waals surface area (Å²) in [5.41, 5.74) is 0. The molecule has 0 aliphatic carbocycles. The minimum absolute atomic E-state index is 0.0212. The molecular formula is C17H27N3O3. The third kappa shape index (κ3) is 5.10. The van der Waals surface area contributed by atoms with Crippen molar-refractivity contribution < 1.29 is 14.0 Å². The van der Waals surface area contributed by atoms with E-state index in [9.17, 15) is 9.59 Å². The third-order valence-electron chi connectivity index (χ3n) is 4.29. The second kappa shape index (κ2) is 8.15. The quantitative estimate of drug-likeness (QED) is 0.832. The molecule has 0 saturated carbocycles. The molecule has 1 fully saturated rings. The van der Waals surface area contributed by atoms with Gasteiger partial charge in [-0.2, -0.15) is 0 Å². The van der Waals surface area contributed by atoms with E-state index in [1.807, 2.05) is 0 Å². The Balaban J connectivity index is 1.71. The van der Waals surface area contributed by atoms with E-state index in [1.165, 1.54) is 17.7 Å². The second-order valence-corrected chi connectivity index (χ2v) is 6.37. The summed E-state index contributed by atoms with van der Waals surface area (Å²) in [6.07, 6.45) is 3.92. The monoisotopic (exact) mass is 321 g/mol. The Kier molecular flexibility index (Phi) is 6.21. The number of hydrogen-bond donors (Lipinski definition) is 1. The highest BCUT2D eigenvalue weighted by Crippen LogP contribution is 2.15. The Hall–Kier alpha value is -1.82. The van der Waals surface area contributed by atoms with E-state index in [1.54, 1.807) is 26.2 Å². The molecule has 128 valence electrons. The normalized spacial score (nSPS) is 16.3. The van der Waals surface area contributed by atoms with Crippen molar-refractivity contribution in [1.29, 1.82) is 0 Å². The highest BCUT2D eigenvalue weighted by molar-refractivity contribution is 5.91. The number of rotatable bonds is 7. The first-order chi connectivity index (χ1) is 11.0. The van der Waals surface area contributed by atoms with Gasteiger partial charge in [0.15, 0.2) is 5.76 Å². The van der Waals surface area contributed by atoms with Gasteiger partial charge in [-0.05, 0) is 51.4 Å². The van der Waals surface area contributed by atoms with E-state index in [4.69, 9.17) is 4.42 Å². The number of likely N-dealkylation sites (tertiary alicyclic amines) is 1. The molecule has 2 rings (SSSR count). The number of amides is 2. The van der Waals surface area contributed by atoms with E-state index in [0.29, 0.717) is 30.5 Å².